The number of hydrogen-bond acceptors (Lipinski definition) is 5. The van der Waals surface area contributed by atoms with Crippen molar-refractivity contribution >= 4 is 32.4 Å². The minimum Gasteiger partial charge on any atom is -0.497 e. The number of methoxy groups -OCH3 is 1. The molecule has 0 aliphatic carbocycles. The Balaban J connectivity index is 1.89. The monoisotopic (exact) mass is 428 g/mol. The van der Waals surface area contributed by atoms with Crippen molar-refractivity contribution in [3.63, 3.8) is 0 Å². The first-order valence-corrected chi connectivity index (χ1v) is 10.9. The molecule has 0 fully saturated rings. The number of aryl methyl sites for hydroxylation is 2. The molecular formula is C22H24N2O5S. The first-order valence-electron chi connectivity index (χ1n) is 9.50. The highest BCUT2D eigenvalue weighted by molar-refractivity contribution is 7.99. The van der Waals surface area contributed by atoms with Gasteiger partial charge in [-0.25, -0.2) is 12.7 Å². The minimum absolute atomic E-state index is 0.0582. The number of nitrogens with one attached hydrogen (secondary N) is 1. The van der Waals surface area contributed by atoms with Crippen molar-refractivity contribution in [3.8, 4) is 5.75 Å². The molecule has 0 unspecified atom stereocenters. The van der Waals surface area contributed by atoms with E-state index in [4.69, 9.17) is 4.74 Å². The molecule has 1 N–H and O–H groups in total. The fourth-order valence-corrected chi connectivity index (χ4v) is 5.16. The molecule has 2 aromatic rings. The van der Waals surface area contributed by atoms with E-state index in [1.54, 1.807) is 37.3 Å². The number of benzene rings is 2. The van der Waals surface area contributed by atoms with E-state index in [1.807, 2.05) is 26.0 Å². The number of amides is 2. The molecule has 7 nitrogen and oxygen atoms in total. The van der Waals surface area contributed by atoms with Crippen LogP contribution in [0.4, 0.5) is 5.69 Å². The second-order valence-corrected chi connectivity index (χ2v) is 8.87. The van der Waals surface area contributed by atoms with Crippen LogP contribution in [0, 0.1) is 13.8 Å². The third-order valence-corrected chi connectivity index (χ3v) is 6.84. The number of carbonyl (C=O) groups excluding carboxylic acids is 2. The average molecular weight is 429 g/mol. The quantitative estimate of drug-likeness (QED) is 0.762. The topological polar surface area (TPSA) is 92.8 Å². The summed E-state index contributed by atoms with van der Waals surface area (Å²) in [6, 6.07) is 12.0. The summed E-state index contributed by atoms with van der Waals surface area (Å²) in [5.74, 6) is -0.671. The molecule has 0 radical (unpaired) electrons. The number of carbonyl (C=O) groups is 2. The maximum Gasteiger partial charge on any atom is 0.268 e. The summed E-state index contributed by atoms with van der Waals surface area (Å²) in [5, 5.41) is 2.71. The molecule has 0 atom stereocenters. The van der Waals surface area contributed by atoms with Gasteiger partial charge in [-0.2, -0.15) is 0 Å². The maximum atomic E-state index is 13.2. The van der Waals surface area contributed by atoms with Crippen LogP contribution in [0.3, 0.4) is 0 Å². The zero-order valence-electron chi connectivity index (χ0n) is 17.4. The molecule has 1 aliphatic heterocycles. The van der Waals surface area contributed by atoms with Crippen LogP contribution >= 0.6 is 0 Å². The zero-order chi connectivity index (χ0) is 22.1. The maximum absolute atomic E-state index is 13.2. The van der Waals surface area contributed by atoms with E-state index in [0.29, 0.717) is 21.3 Å². The fraction of sp³-hybridized carbons (Fsp3) is 0.273. The van der Waals surface area contributed by atoms with Gasteiger partial charge in [0.15, 0.2) is 0 Å². The summed E-state index contributed by atoms with van der Waals surface area (Å²) in [7, 11) is -2.64. The molecule has 2 amide bonds. The molecule has 158 valence electrons. The SMILES string of the molecule is CCC1=C(c2ccc(OC)cc2)S(=O)(=O)N(CC(=O)Nc2cc(C)ccc2C)C1=O. The summed E-state index contributed by atoms with van der Waals surface area (Å²) in [5.41, 5.74) is 2.94. The molecule has 30 heavy (non-hydrogen) atoms. The van der Waals surface area contributed by atoms with Crippen LogP contribution in [-0.2, 0) is 19.6 Å². The van der Waals surface area contributed by atoms with Gasteiger partial charge in [0.05, 0.1) is 7.11 Å². The molecule has 0 aromatic heterocycles. The highest BCUT2D eigenvalue weighted by Crippen LogP contribution is 2.37. The Morgan fingerprint density at radius 2 is 1.77 bits per heavy atom. The van der Waals surface area contributed by atoms with Crippen molar-refractivity contribution in [2.45, 2.75) is 27.2 Å². The third kappa shape index (κ3) is 3.95. The number of anilines is 1. The Hall–Kier alpha value is -3.13. The van der Waals surface area contributed by atoms with Crippen LogP contribution in [0.25, 0.3) is 4.91 Å². The molecule has 0 saturated heterocycles. The predicted molar refractivity (Wildman–Crippen MR) is 115 cm³/mol. The van der Waals surface area contributed by atoms with E-state index >= 15 is 0 Å². The minimum atomic E-state index is -4.15. The van der Waals surface area contributed by atoms with Gasteiger partial charge in [0.2, 0.25) is 5.91 Å². The summed E-state index contributed by atoms with van der Waals surface area (Å²) < 4.78 is 32.1. The standard InChI is InChI=1S/C22H24N2O5S/c1-5-18-21(16-8-10-17(29-4)11-9-16)30(27,28)24(22(18)26)13-20(25)23-19-12-14(2)6-7-15(19)3/h6-12H,5,13H2,1-4H3,(H,23,25). The third-order valence-electron chi connectivity index (χ3n) is 4.97. The van der Waals surface area contributed by atoms with Crippen LogP contribution in [0.5, 0.6) is 5.75 Å². The second-order valence-electron chi connectivity index (χ2n) is 7.07. The van der Waals surface area contributed by atoms with Gasteiger partial charge in [0, 0.05) is 11.3 Å². The molecule has 3 rings (SSSR count). The largest absolute Gasteiger partial charge is 0.497 e. The van der Waals surface area contributed by atoms with Crippen molar-refractivity contribution in [1.82, 2.24) is 4.31 Å². The zero-order valence-corrected chi connectivity index (χ0v) is 18.2. The summed E-state index contributed by atoms with van der Waals surface area (Å²) in [4.78, 5) is 25.4. The van der Waals surface area contributed by atoms with Crippen LogP contribution in [0.2, 0.25) is 0 Å². The molecule has 1 aliphatic rings. The highest BCUT2D eigenvalue weighted by atomic mass is 32.2. The summed E-state index contributed by atoms with van der Waals surface area (Å²) in [6.07, 6.45) is 0.231. The Morgan fingerprint density at radius 1 is 1.10 bits per heavy atom. The number of ether oxygens (including phenoxy) is 1. The van der Waals surface area contributed by atoms with Gasteiger partial charge in [-0.05, 0) is 67.3 Å². The highest BCUT2D eigenvalue weighted by Gasteiger charge is 2.44. The first kappa shape index (κ1) is 21.6. The van der Waals surface area contributed by atoms with Crippen molar-refractivity contribution in [2.75, 3.05) is 19.0 Å². The number of sulfonamides is 1. The number of nitrogens with zero attached hydrogens (tertiary/aromatic N) is 1. The lowest BCUT2D eigenvalue weighted by Gasteiger charge is -2.17. The Labute approximate surface area is 176 Å². The van der Waals surface area contributed by atoms with Crippen molar-refractivity contribution < 1.29 is 22.7 Å². The van der Waals surface area contributed by atoms with Crippen molar-refractivity contribution in [3.05, 3.63) is 64.7 Å². The van der Waals surface area contributed by atoms with Crippen LogP contribution in [-0.4, -0.2) is 38.2 Å². The van der Waals surface area contributed by atoms with Crippen molar-refractivity contribution in [2.24, 2.45) is 0 Å². The molecule has 8 heteroatoms. The second kappa shape index (κ2) is 8.31. The lowest BCUT2D eigenvalue weighted by molar-refractivity contribution is -0.126. The Morgan fingerprint density at radius 3 is 2.37 bits per heavy atom. The predicted octanol–water partition coefficient (Wildman–Crippen LogP) is 3.24. The molecule has 0 bridgehead atoms. The van der Waals surface area contributed by atoms with Crippen LogP contribution in [0.15, 0.2) is 48.0 Å². The average Bonchev–Trinajstić information content (AvgIpc) is 2.90. The van der Waals surface area contributed by atoms with E-state index in [2.05, 4.69) is 5.32 Å². The van der Waals surface area contributed by atoms with E-state index in [1.165, 1.54) is 7.11 Å². The lowest BCUT2D eigenvalue weighted by atomic mass is 10.1. The molecule has 0 spiro atoms. The van der Waals surface area contributed by atoms with Crippen LogP contribution < -0.4 is 10.1 Å². The lowest BCUT2D eigenvalue weighted by Crippen LogP contribution is -2.38. The molecular weight excluding hydrogens is 404 g/mol. The van der Waals surface area contributed by atoms with E-state index in [9.17, 15) is 18.0 Å². The van der Waals surface area contributed by atoms with E-state index in [-0.39, 0.29) is 16.9 Å². The van der Waals surface area contributed by atoms with Gasteiger partial charge < -0.3 is 10.1 Å². The van der Waals surface area contributed by atoms with Gasteiger partial charge in [0.1, 0.15) is 17.2 Å². The Kier molecular flexibility index (Phi) is 5.98. The number of hydrogen-bond donors (Lipinski definition) is 1. The normalized spacial score (nSPS) is 15.5. The van der Waals surface area contributed by atoms with Gasteiger partial charge in [0.25, 0.3) is 15.9 Å². The summed E-state index contributed by atoms with van der Waals surface area (Å²) in [6.45, 7) is 4.86. The van der Waals surface area contributed by atoms with Crippen molar-refractivity contribution in [1.29, 1.82) is 0 Å². The van der Waals surface area contributed by atoms with E-state index in [0.717, 1.165) is 11.1 Å². The van der Waals surface area contributed by atoms with Crippen LogP contribution in [0.1, 0.15) is 30.0 Å². The first-order chi connectivity index (χ1) is 14.2. The van der Waals surface area contributed by atoms with Gasteiger partial charge in [-0.3, -0.25) is 9.59 Å². The Bertz CT molecular complexity index is 1130. The van der Waals surface area contributed by atoms with Gasteiger partial charge >= 0.3 is 0 Å². The summed E-state index contributed by atoms with van der Waals surface area (Å²) >= 11 is 0. The molecule has 2 aromatic carbocycles. The number of rotatable bonds is 6. The van der Waals surface area contributed by atoms with Gasteiger partial charge in [-0.15, -0.1) is 0 Å². The van der Waals surface area contributed by atoms with Gasteiger partial charge in [-0.1, -0.05) is 19.1 Å². The molecule has 0 saturated carbocycles. The molecule has 1 heterocycles. The smallest absolute Gasteiger partial charge is 0.268 e. The van der Waals surface area contributed by atoms with E-state index < -0.39 is 28.4 Å². The fourth-order valence-electron chi connectivity index (χ4n) is 3.35.